The van der Waals surface area contributed by atoms with Gasteiger partial charge in [0.15, 0.2) is 0 Å². The van der Waals surface area contributed by atoms with E-state index < -0.39 is 6.09 Å². The van der Waals surface area contributed by atoms with Crippen molar-refractivity contribution in [3.8, 4) is 0 Å². The van der Waals surface area contributed by atoms with Gasteiger partial charge in [0.1, 0.15) is 0 Å². The van der Waals surface area contributed by atoms with E-state index in [9.17, 15) is 9.59 Å². The highest BCUT2D eigenvalue weighted by molar-refractivity contribution is 5.90. The van der Waals surface area contributed by atoms with Crippen LogP contribution in [-0.4, -0.2) is 49.8 Å². The number of carbonyl (C=O) groups excluding carboxylic acids is 2. The average Bonchev–Trinajstić information content (AvgIpc) is 2.58. The first-order valence-electron chi connectivity index (χ1n) is 8.35. The molecule has 7 heteroatoms. The number of amides is 3. The Labute approximate surface area is 148 Å². The molecule has 0 unspecified atom stereocenters. The van der Waals surface area contributed by atoms with Gasteiger partial charge in [-0.3, -0.25) is 10.2 Å². The first kappa shape index (κ1) is 18.8. The van der Waals surface area contributed by atoms with Crippen LogP contribution >= 0.6 is 0 Å². The van der Waals surface area contributed by atoms with E-state index in [4.69, 9.17) is 0 Å². The third kappa shape index (κ3) is 6.46. The van der Waals surface area contributed by atoms with E-state index >= 15 is 0 Å². The Morgan fingerprint density at radius 2 is 1.72 bits per heavy atom. The Hall–Kier alpha value is -2.54. The molecule has 0 saturated carbocycles. The zero-order chi connectivity index (χ0) is 18.2. The van der Waals surface area contributed by atoms with Crippen LogP contribution in [0, 0.1) is 0 Å². The van der Waals surface area contributed by atoms with Crippen LogP contribution in [0.5, 0.6) is 0 Å². The Morgan fingerprint density at radius 3 is 2.24 bits per heavy atom. The van der Waals surface area contributed by atoms with Gasteiger partial charge in [-0.15, -0.1) is 0 Å². The van der Waals surface area contributed by atoms with Gasteiger partial charge in [-0.25, -0.2) is 9.59 Å². The highest BCUT2D eigenvalue weighted by Crippen LogP contribution is 2.15. The Kier molecular flexibility index (Phi) is 6.82. The van der Waals surface area contributed by atoms with Crippen LogP contribution in [-0.2, 0) is 4.74 Å². The van der Waals surface area contributed by atoms with Gasteiger partial charge in [-0.1, -0.05) is 12.2 Å². The number of methoxy groups -OCH3 is 1. The van der Waals surface area contributed by atoms with Crippen molar-refractivity contribution < 1.29 is 14.3 Å². The summed E-state index contributed by atoms with van der Waals surface area (Å²) in [6, 6.07) is 6.81. The van der Waals surface area contributed by atoms with Crippen molar-refractivity contribution in [3.63, 3.8) is 0 Å². The molecule has 1 saturated heterocycles. The van der Waals surface area contributed by atoms with Gasteiger partial charge in [0.2, 0.25) is 0 Å². The average molecular weight is 346 g/mol. The minimum Gasteiger partial charge on any atom is -0.453 e. The van der Waals surface area contributed by atoms with E-state index in [1.54, 1.807) is 24.3 Å². The molecule has 0 aromatic heterocycles. The Bertz CT molecular complexity index is 607. The monoisotopic (exact) mass is 346 g/mol. The van der Waals surface area contributed by atoms with E-state index in [1.807, 2.05) is 6.92 Å². The van der Waals surface area contributed by atoms with Crippen LogP contribution in [0.2, 0.25) is 0 Å². The lowest BCUT2D eigenvalue weighted by Gasteiger charge is -2.32. The summed E-state index contributed by atoms with van der Waals surface area (Å²) in [5.74, 6) is 0. The standard InChI is InChI=1S/C18H26N4O3/c1-13(2)12-22-10-8-16(9-11-22)20-17(23)19-14-4-6-15(7-5-14)21-18(24)25-3/h4-7,16H,1,8-12H2,2-3H3,(H,21,24)(H2,19,20,23). The number of hydrogen-bond donors (Lipinski definition) is 3. The summed E-state index contributed by atoms with van der Waals surface area (Å²) in [5, 5.41) is 8.37. The molecule has 7 nitrogen and oxygen atoms in total. The number of hydrogen-bond acceptors (Lipinski definition) is 4. The molecule has 3 amide bonds. The molecule has 0 radical (unpaired) electrons. The van der Waals surface area contributed by atoms with Crippen LogP contribution in [0.1, 0.15) is 19.8 Å². The molecule has 0 spiro atoms. The molecule has 0 aliphatic carbocycles. The van der Waals surface area contributed by atoms with Crippen molar-refractivity contribution in [1.29, 1.82) is 0 Å². The predicted octanol–water partition coefficient (Wildman–Crippen LogP) is 3.03. The molecule has 1 fully saturated rings. The summed E-state index contributed by atoms with van der Waals surface area (Å²) in [4.78, 5) is 25.6. The first-order valence-corrected chi connectivity index (χ1v) is 8.35. The normalized spacial score (nSPS) is 15.3. The molecular formula is C18H26N4O3. The zero-order valence-electron chi connectivity index (χ0n) is 14.8. The highest BCUT2D eigenvalue weighted by Gasteiger charge is 2.20. The van der Waals surface area contributed by atoms with E-state index in [0.29, 0.717) is 11.4 Å². The van der Waals surface area contributed by atoms with Gasteiger partial charge in [0.25, 0.3) is 0 Å². The second-order valence-electron chi connectivity index (χ2n) is 6.30. The topological polar surface area (TPSA) is 82.7 Å². The second-order valence-corrected chi connectivity index (χ2v) is 6.30. The molecule has 1 aromatic rings. The highest BCUT2D eigenvalue weighted by atomic mass is 16.5. The number of benzene rings is 1. The van der Waals surface area contributed by atoms with Gasteiger partial charge in [0.05, 0.1) is 7.11 Å². The Balaban J connectivity index is 1.75. The summed E-state index contributed by atoms with van der Waals surface area (Å²) in [6.45, 7) is 8.82. The van der Waals surface area contributed by atoms with Crippen molar-refractivity contribution in [3.05, 3.63) is 36.4 Å². The molecule has 136 valence electrons. The number of nitrogens with zero attached hydrogens (tertiary/aromatic N) is 1. The summed E-state index contributed by atoms with van der Waals surface area (Å²) in [5.41, 5.74) is 2.42. The molecule has 0 atom stereocenters. The number of rotatable bonds is 5. The van der Waals surface area contributed by atoms with Crippen LogP contribution < -0.4 is 16.0 Å². The van der Waals surface area contributed by atoms with Gasteiger partial charge >= 0.3 is 12.1 Å². The smallest absolute Gasteiger partial charge is 0.411 e. The van der Waals surface area contributed by atoms with Gasteiger partial charge in [-0.05, 0) is 44.0 Å². The fourth-order valence-electron chi connectivity index (χ4n) is 2.78. The lowest BCUT2D eigenvalue weighted by molar-refractivity contribution is 0.187. The van der Waals surface area contributed by atoms with E-state index in [-0.39, 0.29) is 12.1 Å². The van der Waals surface area contributed by atoms with Crippen LogP contribution in [0.15, 0.2) is 36.4 Å². The van der Waals surface area contributed by atoms with Gasteiger partial charge in [-0.2, -0.15) is 0 Å². The van der Waals surface area contributed by atoms with Crippen LogP contribution in [0.4, 0.5) is 21.0 Å². The van der Waals surface area contributed by atoms with Crippen LogP contribution in [0.25, 0.3) is 0 Å². The van der Waals surface area contributed by atoms with Gasteiger partial charge < -0.3 is 15.4 Å². The van der Waals surface area contributed by atoms with E-state index in [0.717, 1.165) is 38.0 Å². The number of urea groups is 1. The number of nitrogens with one attached hydrogen (secondary N) is 3. The third-order valence-electron chi connectivity index (χ3n) is 3.99. The third-order valence-corrected chi connectivity index (χ3v) is 3.99. The summed E-state index contributed by atoms with van der Waals surface area (Å²) in [7, 11) is 1.30. The van der Waals surface area contributed by atoms with E-state index in [2.05, 4.69) is 32.2 Å². The quantitative estimate of drug-likeness (QED) is 0.716. The van der Waals surface area contributed by atoms with Crippen molar-refractivity contribution in [1.82, 2.24) is 10.2 Å². The Morgan fingerprint density at radius 1 is 1.16 bits per heavy atom. The lowest BCUT2D eigenvalue weighted by Crippen LogP contribution is -2.46. The lowest BCUT2D eigenvalue weighted by atomic mass is 10.0. The molecule has 1 aliphatic heterocycles. The molecule has 1 heterocycles. The predicted molar refractivity (Wildman–Crippen MR) is 98.9 cm³/mol. The van der Waals surface area contributed by atoms with Crippen molar-refractivity contribution in [2.45, 2.75) is 25.8 Å². The fraction of sp³-hybridized carbons (Fsp3) is 0.444. The second kappa shape index (κ2) is 9.08. The zero-order valence-corrected chi connectivity index (χ0v) is 14.8. The summed E-state index contributed by atoms with van der Waals surface area (Å²) in [6.07, 6.45) is 1.34. The van der Waals surface area contributed by atoms with Crippen LogP contribution in [0.3, 0.4) is 0 Å². The number of carbonyl (C=O) groups is 2. The summed E-state index contributed by atoms with van der Waals surface area (Å²) >= 11 is 0. The molecule has 25 heavy (non-hydrogen) atoms. The van der Waals surface area contributed by atoms with E-state index in [1.165, 1.54) is 7.11 Å². The maximum Gasteiger partial charge on any atom is 0.411 e. The minimum absolute atomic E-state index is 0.182. The maximum absolute atomic E-state index is 12.1. The largest absolute Gasteiger partial charge is 0.453 e. The number of anilines is 2. The number of likely N-dealkylation sites (tertiary alicyclic amines) is 1. The molecule has 2 rings (SSSR count). The molecule has 1 aliphatic rings. The maximum atomic E-state index is 12.1. The fourth-order valence-corrected chi connectivity index (χ4v) is 2.78. The number of piperidine rings is 1. The molecular weight excluding hydrogens is 320 g/mol. The number of ether oxygens (including phenoxy) is 1. The first-order chi connectivity index (χ1) is 12.0. The van der Waals surface area contributed by atoms with Gasteiger partial charge in [0, 0.05) is 37.1 Å². The molecule has 0 bridgehead atoms. The molecule has 1 aromatic carbocycles. The minimum atomic E-state index is -0.531. The molecule has 3 N–H and O–H groups in total. The van der Waals surface area contributed by atoms with Crippen molar-refractivity contribution in [2.75, 3.05) is 37.4 Å². The summed E-state index contributed by atoms with van der Waals surface area (Å²) < 4.78 is 4.52. The van der Waals surface area contributed by atoms with Crippen molar-refractivity contribution in [2.24, 2.45) is 0 Å². The van der Waals surface area contributed by atoms with Crippen molar-refractivity contribution >= 4 is 23.5 Å². The SMILES string of the molecule is C=C(C)CN1CCC(NC(=O)Nc2ccc(NC(=O)OC)cc2)CC1.